The predicted molar refractivity (Wildman–Crippen MR) is 51.0 cm³/mol. The molecule has 0 bridgehead atoms. The number of carbonyl (C=O) groups is 1. The zero-order valence-corrected chi connectivity index (χ0v) is 8.90. The molecular formula is C11H20O. The summed E-state index contributed by atoms with van der Waals surface area (Å²) < 4.78 is 0. The molecule has 0 aromatic rings. The molecule has 12 heavy (non-hydrogen) atoms. The fourth-order valence-corrected chi connectivity index (χ4v) is 2.83. The molecular weight excluding hydrogens is 148 g/mol. The van der Waals surface area contributed by atoms with E-state index in [9.17, 15) is 4.79 Å². The average Bonchev–Trinajstić information content (AvgIpc) is 2.03. The Balaban J connectivity index is 2.93. The van der Waals surface area contributed by atoms with Crippen LogP contribution in [-0.2, 0) is 4.79 Å². The van der Waals surface area contributed by atoms with Crippen molar-refractivity contribution in [2.75, 3.05) is 0 Å². The van der Waals surface area contributed by atoms with Gasteiger partial charge in [0.25, 0.3) is 0 Å². The molecule has 1 heteroatoms. The summed E-state index contributed by atoms with van der Waals surface area (Å²) in [5.41, 5.74) is 0.354. The zero-order chi connectivity index (χ0) is 9.57. The first-order valence-electron chi connectivity index (χ1n) is 4.78. The second kappa shape index (κ2) is 2.58. The van der Waals surface area contributed by atoms with Gasteiger partial charge in [-0.3, -0.25) is 4.79 Å². The van der Waals surface area contributed by atoms with E-state index in [0.29, 0.717) is 5.78 Å². The van der Waals surface area contributed by atoms with Crippen molar-refractivity contribution in [3.05, 3.63) is 0 Å². The third-order valence-electron chi connectivity index (χ3n) is 2.99. The molecule has 0 spiro atoms. The van der Waals surface area contributed by atoms with Gasteiger partial charge in [-0.05, 0) is 17.3 Å². The van der Waals surface area contributed by atoms with E-state index < -0.39 is 0 Å². The van der Waals surface area contributed by atoms with Crippen LogP contribution in [0.25, 0.3) is 0 Å². The van der Waals surface area contributed by atoms with Crippen molar-refractivity contribution in [3.63, 3.8) is 0 Å². The standard InChI is InChI=1S/C11H20O/c1-10(2,3)9-8(12)6-7-11(9,4)5/h9H,6-7H2,1-5H3. The molecule has 0 saturated heterocycles. The summed E-state index contributed by atoms with van der Waals surface area (Å²) in [7, 11) is 0. The highest BCUT2D eigenvalue weighted by molar-refractivity contribution is 5.84. The van der Waals surface area contributed by atoms with Crippen LogP contribution in [0.1, 0.15) is 47.5 Å². The van der Waals surface area contributed by atoms with Crippen molar-refractivity contribution in [2.45, 2.75) is 47.5 Å². The van der Waals surface area contributed by atoms with Crippen LogP contribution in [0.15, 0.2) is 0 Å². The van der Waals surface area contributed by atoms with Crippen molar-refractivity contribution in [2.24, 2.45) is 16.7 Å². The summed E-state index contributed by atoms with van der Waals surface area (Å²) in [6.07, 6.45) is 1.85. The minimum Gasteiger partial charge on any atom is -0.299 e. The molecule has 0 amide bonds. The fraction of sp³-hybridized carbons (Fsp3) is 0.909. The van der Waals surface area contributed by atoms with Gasteiger partial charge in [-0.2, -0.15) is 0 Å². The molecule has 0 aromatic heterocycles. The SMILES string of the molecule is CC(C)(C)C1C(=O)CCC1(C)C. The summed E-state index contributed by atoms with van der Waals surface area (Å²) in [5, 5.41) is 0. The van der Waals surface area contributed by atoms with Gasteiger partial charge < -0.3 is 0 Å². The third kappa shape index (κ3) is 1.55. The zero-order valence-electron chi connectivity index (χ0n) is 8.90. The van der Waals surface area contributed by atoms with Crippen LogP contribution in [0.5, 0.6) is 0 Å². The summed E-state index contributed by atoms with van der Waals surface area (Å²) in [5.74, 6) is 0.720. The van der Waals surface area contributed by atoms with Crippen molar-refractivity contribution in [1.82, 2.24) is 0 Å². The maximum Gasteiger partial charge on any atom is 0.137 e. The molecule has 1 aliphatic rings. The Bertz CT molecular complexity index is 196. The first kappa shape index (κ1) is 9.76. The number of rotatable bonds is 0. The van der Waals surface area contributed by atoms with Crippen LogP contribution in [0.3, 0.4) is 0 Å². The summed E-state index contributed by atoms with van der Waals surface area (Å²) in [6.45, 7) is 10.9. The van der Waals surface area contributed by atoms with Crippen LogP contribution >= 0.6 is 0 Å². The molecule has 0 heterocycles. The first-order valence-corrected chi connectivity index (χ1v) is 4.78. The van der Waals surface area contributed by atoms with E-state index in [-0.39, 0.29) is 16.7 Å². The largest absolute Gasteiger partial charge is 0.299 e. The van der Waals surface area contributed by atoms with E-state index in [2.05, 4.69) is 34.6 Å². The van der Waals surface area contributed by atoms with Crippen LogP contribution < -0.4 is 0 Å². The molecule has 1 fully saturated rings. The second-order valence-electron chi connectivity index (χ2n) is 5.75. The van der Waals surface area contributed by atoms with Gasteiger partial charge in [0.2, 0.25) is 0 Å². The Labute approximate surface area is 75.5 Å². The van der Waals surface area contributed by atoms with E-state index in [4.69, 9.17) is 0 Å². The van der Waals surface area contributed by atoms with Gasteiger partial charge in [0.05, 0.1) is 0 Å². The van der Waals surface area contributed by atoms with Crippen molar-refractivity contribution < 1.29 is 4.79 Å². The Hall–Kier alpha value is -0.330. The molecule has 0 N–H and O–H groups in total. The molecule has 0 aliphatic heterocycles. The molecule has 70 valence electrons. The lowest BCUT2D eigenvalue weighted by atomic mass is 9.67. The minimum atomic E-state index is 0.136. The highest BCUT2D eigenvalue weighted by Gasteiger charge is 2.46. The number of Topliss-reactive ketones (excluding diaryl/α,β-unsaturated/α-hetero) is 1. The van der Waals surface area contributed by atoms with Gasteiger partial charge in [0.1, 0.15) is 5.78 Å². The lowest BCUT2D eigenvalue weighted by Gasteiger charge is -2.36. The monoisotopic (exact) mass is 168 g/mol. The normalized spacial score (nSPS) is 29.4. The molecule has 0 aromatic carbocycles. The number of carbonyl (C=O) groups excluding carboxylic acids is 1. The summed E-state index contributed by atoms with van der Waals surface area (Å²) >= 11 is 0. The van der Waals surface area contributed by atoms with Gasteiger partial charge in [-0.15, -0.1) is 0 Å². The molecule has 1 rings (SSSR count). The first-order chi connectivity index (χ1) is 5.25. The van der Waals surface area contributed by atoms with Gasteiger partial charge in [0.15, 0.2) is 0 Å². The summed E-state index contributed by atoms with van der Waals surface area (Å²) in [6, 6.07) is 0. The van der Waals surface area contributed by atoms with E-state index in [1.54, 1.807) is 0 Å². The van der Waals surface area contributed by atoms with E-state index in [1.807, 2.05) is 0 Å². The topological polar surface area (TPSA) is 17.1 Å². The van der Waals surface area contributed by atoms with E-state index in [0.717, 1.165) is 12.8 Å². The van der Waals surface area contributed by atoms with E-state index in [1.165, 1.54) is 0 Å². The fourth-order valence-electron chi connectivity index (χ4n) is 2.83. The van der Waals surface area contributed by atoms with Gasteiger partial charge in [-0.25, -0.2) is 0 Å². The molecule has 1 nitrogen and oxygen atoms in total. The molecule has 1 unspecified atom stereocenters. The maximum atomic E-state index is 11.6. The van der Waals surface area contributed by atoms with Gasteiger partial charge in [-0.1, -0.05) is 34.6 Å². The van der Waals surface area contributed by atoms with Crippen molar-refractivity contribution >= 4 is 5.78 Å². The van der Waals surface area contributed by atoms with Crippen molar-refractivity contribution in [3.8, 4) is 0 Å². The lowest BCUT2D eigenvalue weighted by Crippen LogP contribution is -2.34. The number of ketones is 1. The lowest BCUT2D eigenvalue weighted by molar-refractivity contribution is -0.125. The Morgan fingerprint density at radius 1 is 1.33 bits per heavy atom. The van der Waals surface area contributed by atoms with Crippen LogP contribution in [0, 0.1) is 16.7 Å². The Kier molecular flexibility index (Phi) is 2.10. The predicted octanol–water partition coefficient (Wildman–Crippen LogP) is 3.04. The minimum absolute atomic E-state index is 0.136. The Morgan fingerprint density at radius 2 is 1.83 bits per heavy atom. The second-order valence-corrected chi connectivity index (χ2v) is 5.75. The molecule has 0 radical (unpaired) electrons. The molecule has 1 saturated carbocycles. The van der Waals surface area contributed by atoms with Crippen LogP contribution in [-0.4, -0.2) is 5.78 Å². The smallest absolute Gasteiger partial charge is 0.137 e. The number of hydrogen-bond donors (Lipinski definition) is 0. The number of hydrogen-bond acceptors (Lipinski definition) is 1. The highest BCUT2D eigenvalue weighted by atomic mass is 16.1. The van der Waals surface area contributed by atoms with Crippen LogP contribution in [0.4, 0.5) is 0 Å². The molecule has 1 aliphatic carbocycles. The maximum absolute atomic E-state index is 11.6. The third-order valence-corrected chi connectivity index (χ3v) is 2.99. The van der Waals surface area contributed by atoms with Crippen molar-refractivity contribution in [1.29, 1.82) is 0 Å². The van der Waals surface area contributed by atoms with E-state index >= 15 is 0 Å². The average molecular weight is 168 g/mol. The molecule has 1 atom stereocenters. The van der Waals surface area contributed by atoms with Crippen LogP contribution in [0.2, 0.25) is 0 Å². The summed E-state index contributed by atoms with van der Waals surface area (Å²) in [4.78, 5) is 11.6. The quantitative estimate of drug-likeness (QED) is 0.543. The highest BCUT2D eigenvalue weighted by Crippen LogP contribution is 2.48. The van der Waals surface area contributed by atoms with Gasteiger partial charge in [0, 0.05) is 12.3 Å². The Morgan fingerprint density at radius 3 is 2.00 bits per heavy atom. The van der Waals surface area contributed by atoms with Gasteiger partial charge >= 0.3 is 0 Å².